The van der Waals surface area contributed by atoms with E-state index in [-0.39, 0.29) is 0 Å². The van der Waals surface area contributed by atoms with Crippen molar-refractivity contribution in [1.29, 1.82) is 0 Å². The fourth-order valence-electron chi connectivity index (χ4n) is 2.39. The van der Waals surface area contributed by atoms with Crippen LogP contribution in [0.5, 0.6) is 0 Å². The summed E-state index contributed by atoms with van der Waals surface area (Å²) in [5.41, 5.74) is 10.6. The fraction of sp³-hybridized carbons (Fsp3) is 0.462. The second-order valence-corrected chi connectivity index (χ2v) is 5.62. The van der Waals surface area contributed by atoms with E-state index >= 15 is 0 Å². The number of nitrogens with two attached hydrogens (primary N) is 1. The molecule has 4 nitrogen and oxygen atoms in total. The Bertz CT molecular complexity index is 554. The lowest BCUT2D eigenvalue weighted by Crippen LogP contribution is -2.21. The highest BCUT2D eigenvalue weighted by Crippen LogP contribution is 2.30. The zero-order valence-corrected chi connectivity index (χ0v) is 11.2. The van der Waals surface area contributed by atoms with Gasteiger partial charge in [-0.3, -0.25) is 0 Å². The topological polar surface area (TPSA) is 60.2 Å². The number of hydrogen-bond acceptors (Lipinski definition) is 5. The fourth-order valence-corrected chi connectivity index (χ4v) is 3.08. The van der Waals surface area contributed by atoms with E-state index in [0.29, 0.717) is 12.0 Å². The lowest BCUT2D eigenvalue weighted by molar-refractivity contribution is 0.108. The Labute approximate surface area is 110 Å². The van der Waals surface area contributed by atoms with E-state index in [1.807, 2.05) is 11.6 Å². The second-order valence-electron chi connectivity index (χ2n) is 4.73. The van der Waals surface area contributed by atoms with Crippen molar-refractivity contribution in [1.82, 2.24) is 4.98 Å². The van der Waals surface area contributed by atoms with Gasteiger partial charge in [0.25, 0.3) is 0 Å². The highest BCUT2D eigenvalue weighted by Gasteiger charge is 2.23. The smallest absolute Gasteiger partial charge is 0.106 e. The predicted molar refractivity (Wildman–Crippen MR) is 76.0 cm³/mol. The van der Waals surface area contributed by atoms with Gasteiger partial charge in [-0.25, -0.2) is 4.98 Å². The van der Waals surface area contributed by atoms with Gasteiger partial charge in [0.05, 0.1) is 27.7 Å². The Balaban J connectivity index is 1.76. The van der Waals surface area contributed by atoms with Gasteiger partial charge in [-0.2, -0.15) is 0 Å². The molecule has 96 valence electrons. The zero-order valence-electron chi connectivity index (χ0n) is 10.3. The first-order valence-corrected chi connectivity index (χ1v) is 7.11. The molecule has 0 amide bonds. The summed E-state index contributed by atoms with van der Waals surface area (Å²) < 4.78 is 6.69. The van der Waals surface area contributed by atoms with Crippen LogP contribution in [0.3, 0.4) is 0 Å². The number of aromatic nitrogens is 1. The molecule has 0 aliphatic carbocycles. The molecule has 3 N–H and O–H groups in total. The number of anilines is 2. The predicted octanol–water partition coefficient (Wildman–Crippen LogP) is 2.72. The maximum atomic E-state index is 6.13. The lowest BCUT2D eigenvalue weighted by Gasteiger charge is -2.16. The monoisotopic (exact) mass is 263 g/mol. The van der Waals surface area contributed by atoms with Gasteiger partial charge in [-0.05, 0) is 25.5 Å². The van der Waals surface area contributed by atoms with Crippen molar-refractivity contribution in [3.8, 4) is 0 Å². The van der Waals surface area contributed by atoms with Crippen LogP contribution in [0, 0.1) is 5.92 Å². The number of hydrogen-bond donors (Lipinski definition) is 2. The molecule has 1 aliphatic rings. The standard InChI is InChI=1S/C13H17N3OS/c1-8-9(4-5-17-8)6-15-10-2-3-11-13(12(10)14)16-7-18-11/h2-3,7-9,15H,4-6,14H2,1H3. The van der Waals surface area contributed by atoms with E-state index in [1.165, 1.54) is 0 Å². The normalized spacial score (nSPS) is 23.6. The summed E-state index contributed by atoms with van der Waals surface area (Å²) in [6.45, 7) is 3.90. The summed E-state index contributed by atoms with van der Waals surface area (Å²) in [5, 5.41) is 3.43. The quantitative estimate of drug-likeness (QED) is 0.836. The molecule has 1 aliphatic heterocycles. The molecular formula is C13H17N3OS. The van der Waals surface area contributed by atoms with E-state index in [9.17, 15) is 0 Å². The van der Waals surface area contributed by atoms with Crippen LogP contribution in [0.25, 0.3) is 10.2 Å². The Kier molecular flexibility index (Phi) is 3.09. The van der Waals surface area contributed by atoms with Crippen LogP contribution in [0.15, 0.2) is 17.6 Å². The first-order valence-electron chi connectivity index (χ1n) is 6.23. The molecule has 0 radical (unpaired) electrons. The molecular weight excluding hydrogens is 246 g/mol. The van der Waals surface area contributed by atoms with Crippen LogP contribution in [-0.2, 0) is 4.74 Å². The number of nitrogen functional groups attached to an aromatic ring is 1. The third kappa shape index (κ3) is 2.04. The van der Waals surface area contributed by atoms with Crippen LogP contribution >= 0.6 is 11.3 Å². The highest BCUT2D eigenvalue weighted by molar-refractivity contribution is 7.16. The molecule has 0 saturated carbocycles. The Morgan fingerprint density at radius 3 is 3.22 bits per heavy atom. The van der Waals surface area contributed by atoms with Crippen molar-refractivity contribution in [3.63, 3.8) is 0 Å². The summed E-state index contributed by atoms with van der Waals surface area (Å²) >= 11 is 1.62. The molecule has 5 heteroatoms. The van der Waals surface area contributed by atoms with Gasteiger partial charge in [0.1, 0.15) is 5.52 Å². The molecule has 1 fully saturated rings. The average Bonchev–Trinajstić information content (AvgIpc) is 2.98. The van der Waals surface area contributed by atoms with Crippen LogP contribution in [-0.4, -0.2) is 24.2 Å². The highest BCUT2D eigenvalue weighted by atomic mass is 32.1. The van der Waals surface area contributed by atoms with Crippen LogP contribution in [0.1, 0.15) is 13.3 Å². The van der Waals surface area contributed by atoms with E-state index in [0.717, 1.165) is 41.2 Å². The van der Waals surface area contributed by atoms with Crippen molar-refractivity contribution in [2.45, 2.75) is 19.4 Å². The number of benzene rings is 1. The summed E-state index contributed by atoms with van der Waals surface area (Å²) in [6.07, 6.45) is 1.45. The molecule has 2 heterocycles. The van der Waals surface area contributed by atoms with E-state index in [1.54, 1.807) is 11.3 Å². The molecule has 1 saturated heterocycles. The minimum absolute atomic E-state index is 0.335. The van der Waals surface area contributed by atoms with Crippen molar-refractivity contribution >= 4 is 32.9 Å². The van der Waals surface area contributed by atoms with E-state index < -0.39 is 0 Å². The first-order chi connectivity index (χ1) is 8.75. The SMILES string of the molecule is CC1OCCC1CNc1ccc2scnc2c1N. The molecule has 2 aromatic rings. The Morgan fingerprint density at radius 1 is 1.56 bits per heavy atom. The van der Waals surface area contributed by atoms with Crippen LogP contribution < -0.4 is 11.1 Å². The molecule has 1 aromatic carbocycles. The summed E-state index contributed by atoms with van der Waals surface area (Å²) in [4.78, 5) is 4.30. The largest absolute Gasteiger partial charge is 0.395 e. The number of fused-ring (bicyclic) bond motifs is 1. The van der Waals surface area contributed by atoms with Gasteiger partial charge >= 0.3 is 0 Å². The van der Waals surface area contributed by atoms with Gasteiger partial charge in [-0.1, -0.05) is 0 Å². The van der Waals surface area contributed by atoms with Gasteiger partial charge in [0.2, 0.25) is 0 Å². The Hall–Kier alpha value is -1.33. The van der Waals surface area contributed by atoms with Gasteiger partial charge < -0.3 is 15.8 Å². The molecule has 0 spiro atoms. The van der Waals surface area contributed by atoms with Crippen molar-refractivity contribution in [2.75, 3.05) is 24.2 Å². The van der Waals surface area contributed by atoms with Crippen LogP contribution in [0.2, 0.25) is 0 Å². The summed E-state index contributed by atoms with van der Waals surface area (Å²) in [6, 6.07) is 4.11. The number of rotatable bonds is 3. The summed E-state index contributed by atoms with van der Waals surface area (Å²) in [7, 11) is 0. The maximum Gasteiger partial charge on any atom is 0.106 e. The van der Waals surface area contributed by atoms with Crippen molar-refractivity contribution in [3.05, 3.63) is 17.6 Å². The Morgan fingerprint density at radius 2 is 2.44 bits per heavy atom. The average molecular weight is 263 g/mol. The molecule has 2 unspecified atom stereocenters. The van der Waals surface area contributed by atoms with Gasteiger partial charge in [-0.15, -0.1) is 11.3 Å². The first kappa shape index (κ1) is 11.7. The third-order valence-electron chi connectivity index (χ3n) is 3.63. The minimum Gasteiger partial charge on any atom is -0.395 e. The summed E-state index contributed by atoms with van der Waals surface area (Å²) in [5.74, 6) is 0.565. The molecule has 3 rings (SSSR count). The second kappa shape index (κ2) is 4.74. The molecule has 0 bridgehead atoms. The lowest BCUT2D eigenvalue weighted by atomic mass is 10.0. The van der Waals surface area contributed by atoms with E-state index in [2.05, 4.69) is 23.3 Å². The molecule has 1 aromatic heterocycles. The number of nitrogens with zero attached hydrogens (tertiary/aromatic N) is 1. The minimum atomic E-state index is 0.335. The van der Waals surface area contributed by atoms with E-state index in [4.69, 9.17) is 10.5 Å². The van der Waals surface area contributed by atoms with Crippen molar-refractivity contribution < 1.29 is 4.74 Å². The van der Waals surface area contributed by atoms with Gasteiger partial charge in [0.15, 0.2) is 0 Å². The zero-order chi connectivity index (χ0) is 12.5. The number of thiazole rings is 1. The molecule has 2 atom stereocenters. The van der Waals surface area contributed by atoms with Crippen molar-refractivity contribution in [2.24, 2.45) is 5.92 Å². The third-order valence-corrected chi connectivity index (χ3v) is 4.42. The maximum absolute atomic E-state index is 6.13. The van der Waals surface area contributed by atoms with Gasteiger partial charge in [0, 0.05) is 19.1 Å². The van der Waals surface area contributed by atoms with Crippen LogP contribution in [0.4, 0.5) is 11.4 Å². The number of nitrogens with one attached hydrogen (secondary N) is 1. The number of ether oxygens (including phenoxy) is 1. The molecule has 18 heavy (non-hydrogen) atoms.